The van der Waals surface area contributed by atoms with Crippen LogP contribution in [0.5, 0.6) is 0 Å². The predicted octanol–water partition coefficient (Wildman–Crippen LogP) is 4.20. The first-order chi connectivity index (χ1) is 5.33. The van der Waals surface area contributed by atoms with E-state index in [9.17, 15) is 4.39 Å². The summed E-state index contributed by atoms with van der Waals surface area (Å²) >= 11 is 1.97. The molecule has 0 bridgehead atoms. The maximum absolute atomic E-state index is 12.8. The summed E-state index contributed by atoms with van der Waals surface area (Å²) < 4.78 is 14.3. The predicted molar refractivity (Wildman–Crippen MR) is 54.4 cm³/mol. The zero-order chi connectivity index (χ0) is 8.10. The number of rotatable bonds is 2. The van der Waals surface area contributed by atoms with Crippen LogP contribution in [0.2, 0.25) is 0 Å². The van der Waals surface area contributed by atoms with Crippen molar-refractivity contribution in [3.63, 3.8) is 0 Å². The normalized spacial score (nSPS) is 22.2. The van der Waals surface area contributed by atoms with Crippen molar-refractivity contribution in [3.05, 3.63) is 9.91 Å². The van der Waals surface area contributed by atoms with Gasteiger partial charge in [0, 0.05) is 10.5 Å². The summed E-state index contributed by atoms with van der Waals surface area (Å²) in [6.45, 7) is 0. The summed E-state index contributed by atoms with van der Waals surface area (Å²) in [4.78, 5) is 0. The molecule has 2 heteroatoms. The molecule has 0 nitrogen and oxygen atoms in total. The molecule has 0 amide bonds. The van der Waals surface area contributed by atoms with Gasteiger partial charge in [0.1, 0.15) is 5.83 Å². The maximum atomic E-state index is 12.8. The lowest BCUT2D eigenvalue weighted by Crippen LogP contribution is -2.05. The minimum Gasteiger partial charge on any atom is -0.211 e. The molecule has 0 heterocycles. The van der Waals surface area contributed by atoms with Gasteiger partial charge in [-0.2, -0.15) is 0 Å². The molecule has 0 aromatic heterocycles. The molecule has 0 N–H and O–H groups in total. The average Bonchev–Trinajstić information content (AvgIpc) is 2.06. The highest BCUT2D eigenvalue weighted by atomic mass is 127. The van der Waals surface area contributed by atoms with Crippen molar-refractivity contribution in [1.82, 2.24) is 0 Å². The third-order valence-corrected chi connectivity index (χ3v) is 3.00. The molecular formula is C9H14FI. The van der Waals surface area contributed by atoms with Crippen LogP contribution in [0.15, 0.2) is 9.91 Å². The molecule has 1 aliphatic rings. The summed E-state index contributed by atoms with van der Waals surface area (Å²) in [5.41, 5.74) is 0. The van der Waals surface area contributed by atoms with Crippen molar-refractivity contribution in [3.8, 4) is 0 Å². The molecule has 1 fully saturated rings. The van der Waals surface area contributed by atoms with Gasteiger partial charge in [0.15, 0.2) is 0 Å². The van der Waals surface area contributed by atoms with Crippen molar-refractivity contribution in [2.45, 2.75) is 38.5 Å². The molecule has 0 aliphatic heterocycles. The zero-order valence-corrected chi connectivity index (χ0v) is 8.81. The van der Waals surface area contributed by atoms with Gasteiger partial charge in [0.25, 0.3) is 0 Å². The number of halogens is 2. The van der Waals surface area contributed by atoms with Crippen molar-refractivity contribution >= 4 is 22.6 Å². The van der Waals surface area contributed by atoms with E-state index in [4.69, 9.17) is 0 Å². The molecule has 64 valence electrons. The van der Waals surface area contributed by atoms with E-state index in [1.807, 2.05) is 22.6 Å². The third-order valence-electron chi connectivity index (χ3n) is 2.33. The van der Waals surface area contributed by atoms with Gasteiger partial charge in [-0.15, -0.1) is 0 Å². The molecular weight excluding hydrogens is 254 g/mol. The standard InChI is InChI=1S/C9H14FI/c10-9(7-11)6-8-4-2-1-3-5-8/h7-8H,1-6H2/b9-7+. The molecule has 0 atom stereocenters. The van der Waals surface area contributed by atoms with Gasteiger partial charge >= 0.3 is 0 Å². The Hall–Kier alpha value is 0.400. The first kappa shape index (κ1) is 9.49. The molecule has 0 unspecified atom stereocenters. The molecule has 0 radical (unpaired) electrons. The van der Waals surface area contributed by atoms with Gasteiger partial charge in [0.05, 0.1) is 0 Å². The van der Waals surface area contributed by atoms with E-state index < -0.39 is 0 Å². The topological polar surface area (TPSA) is 0 Å². The van der Waals surface area contributed by atoms with Crippen LogP contribution in [-0.4, -0.2) is 0 Å². The molecule has 0 spiro atoms. The van der Waals surface area contributed by atoms with E-state index >= 15 is 0 Å². The highest BCUT2D eigenvalue weighted by Gasteiger charge is 2.14. The monoisotopic (exact) mass is 268 g/mol. The van der Waals surface area contributed by atoms with E-state index in [1.165, 1.54) is 32.1 Å². The van der Waals surface area contributed by atoms with E-state index in [0.29, 0.717) is 12.3 Å². The Morgan fingerprint density at radius 3 is 2.55 bits per heavy atom. The van der Waals surface area contributed by atoms with Crippen LogP contribution < -0.4 is 0 Å². The second-order valence-electron chi connectivity index (χ2n) is 3.26. The summed E-state index contributed by atoms with van der Waals surface area (Å²) in [5.74, 6) is 0.701. The number of hydrogen-bond donors (Lipinski definition) is 0. The van der Waals surface area contributed by atoms with Crippen LogP contribution in [0.1, 0.15) is 38.5 Å². The fourth-order valence-electron chi connectivity index (χ4n) is 1.71. The summed E-state index contributed by atoms with van der Waals surface area (Å²) in [5, 5.41) is 0. The fraction of sp³-hybridized carbons (Fsp3) is 0.778. The lowest BCUT2D eigenvalue weighted by atomic mass is 9.87. The summed E-state index contributed by atoms with van der Waals surface area (Å²) in [6.07, 6.45) is 7.11. The number of allylic oxidation sites excluding steroid dienone is 1. The Morgan fingerprint density at radius 1 is 1.36 bits per heavy atom. The van der Waals surface area contributed by atoms with Crippen LogP contribution in [0.25, 0.3) is 0 Å². The molecule has 0 aromatic carbocycles. The molecule has 1 saturated carbocycles. The first-order valence-electron chi connectivity index (χ1n) is 4.27. The van der Waals surface area contributed by atoms with Gasteiger partial charge in [0.2, 0.25) is 0 Å². The van der Waals surface area contributed by atoms with Gasteiger partial charge in [-0.3, -0.25) is 0 Å². The minimum absolute atomic E-state index is 0.0671. The van der Waals surface area contributed by atoms with Crippen molar-refractivity contribution in [1.29, 1.82) is 0 Å². The van der Waals surface area contributed by atoms with Gasteiger partial charge in [-0.1, -0.05) is 54.7 Å². The van der Waals surface area contributed by atoms with E-state index in [1.54, 1.807) is 4.08 Å². The molecule has 0 saturated heterocycles. The number of hydrogen-bond acceptors (Lipinski definition) is 0. The lowest BCUT2D eigenvalue weighted by molar-refractivity contribution is 0.337. The van der Waals surface area contributed by atoms with E-state index in [0.717, 1.165) is 0 Å². The molecule has 1 rings (SSSR count). The Balaban J connectivity index is 2.24. The van der Waals surface area contributed by atoms with Crippen LogP contribution in [0, 0.1) is 5.92 Å². The SMILES string of the molecule is F/C(=C/I)CC1CCCCC1. The van der Waals surface area contributed by atoms with Crippen LogP contribution in [0.4, 0.5) is 4.39 Å². The van der Waals surface area contributed by atoms with Gasteiger partial charge in [-0.25, -0.2) is 4.39 Å². The molecule has 11 heavy (non-hydrogen) atoms. The second kappa shape index (κ2) is 5.12. The average molecular weight is 268 g/mol. The van der Waals surface area contributed by atoms with Gasteiger partial charge in [-0.05, 0) is 5.92 Å². The van der Waals surface area contributed by atoms with Crippen LogP contribution in [0.3, 0.4) is 0 Å². The second-order valence-corrected chi connectivity index (χ2v) is 3.89. The zero-order valence-electron chi connectivity index (χ0n) is 6.65. The summed E-state index contributed by atoms with van der Waals surface area (Å²) in [7, 11) is 0. The van der Waals surface area contributed by atoms with Crippen molar-refractivity contribution in [2.24, 2.45) is 5.92 Å². The Bertz CT molecular complexity index is 136. The minimum atomic E-state index is 0.0671. The Morgan fingerprint density at radius 2 is 2.00 bits per heavy atom. The van der Waals surface area contributed by atoms with E-state index in [-0.39, 0.29) is 5.83 Å². The highest BCUT2D eigenvalue weighted by molar-refractivity contribution is 14.1. The first-order valence-corrected chi connectivity index (χ1v) is 5.52. The lowest BCUT2D eigenvalue weighted by Gasteiger charge is -2.20. The quantitative estimate of drug-likeness (QED) is 0.658. The largest absolute Gasteiger partial charge is 0.211 e. The van der Waals surface area contributed by atoms with E-state index in [2.05, 4.69) is 0 Å². The van der Waals surface area contributed by atoms with Gasteiger partial charge < -0.3 is 0 Å². The molecule has 0 aromatic rings. The highest BCUT2D eigenvalue weighted by Crippen LogP contribution is 2.29. The van der Waals surface area contributed by atoms with Crippen molar-refractivity contribution in [2.75, 3.05) is 0 Å². The fourth-order valence-corrected chi connectivity index (χ4v) is 1.97. The summed E-state index contributed by atoms with van der Waals surface area (Å²) in [6, 6.07) is 0. The van der Waals surface area contributed by atoms with Crippen LogP contribution in [-0.2, 0) is 0 Å². The smallest absolute Gasteiger partial charge is 0.106 e. The maximum Gasteiger partial charge on any atom is 0.106 e. The van der Waals surface area contributed by atoms with Crippen molar-refractivity contribution < 1.29 is 4.39 Å². The Labute approximate surface area is 81.4 Å². The van der Waals surface area contributed by atoms with Crippen LogP contribution >= 0.6 is 22.6 Å². The Kier molecular flexibility index (Phi) is 4.41. The molecule has 1 aliphatic carbocycles. The third kappa shape index (κ3) is 3.54.